The van der Waals surface area contributed by atoms with Gasteiger partial charge < -0.3 is 5.32 Å². The van der Waals surface area contributed by atoms with Crippen molar-refractivity contribution in [1.29, 1.82) is 0 Å². The lowest BCUT2D eigenvalue weighted by Gasteiger charge is -2.10. The first-order valence-corrected chi connectivity index (χ1v) is 7.52. The third-order valence-electron chi connectivity index (χ3n) is 5.53. The predicted molar refractivity (Wildman–Crippen MR) is 75.8 cm³/mol. The van der Waals surface area contributed by atoms with Crippen molar-refractivity contribution in [2.45, 2.75) is 33.1 Å². The summed E-state index contributed by atoms with van der Waals surface area (Å²) in [6.07, 6.45) is 4.15. The SMILES string of the molecule is Cc1cc(C)cc(NC(=O)C2[C@H]3[C@H]4CC[C@@H](C4)[C@H]23)c1. The van der Waals surface area contributed by atoms with Crippen LogP contribution in [0.1, 0.15) is 30.4 Å². The highest BCUT2D eigenvalue weighted by Crippen LogP contribution is 2.69. The first kappa shape index (κ1) is 11.5. The molecule has 0 heterocycles. The van der Waals surface area contributed by atoms with Crippen LogP contribution in [0.15, 0.2) is 18.2 Å². The molecule has 0 aromatic heterocycles. The topological polar surface area (TPSA) is 29.1 Å². The van der Waals surface area contributed by atoms with Crippen LogP contribution in [0, 0.1) is 43.4 Å². The van der Waals surface area contributed by atoms with Gasteiger partial charge in [-0.1, -0.05) is 6.07 Å². The predicted octanol–water partition coefficient (Wildman–Crippen LogP) is 3.53. The minimum absolute atomic E-state index is 0.275. The summed E-state index contributed by atoms with van der Waals surface area (Å²) in [4.78, 5) is 12.4. The second-order valence-electron chi connectivity index (χ2n) is 6.88. The van der Waals surface area contributed by atoms with Crippen LogP contribution in [0.3, 0.4) is 0 Å². The van der Waals surface area contributed by atoms with Crippen molar-refractivity contribution in [3.63, 3.8) is 0 Å². The first-order chi connectivity index (χ1) is 9.13. The fourth-order valence-electron chi connectivity index (χ4n) is 4.95. The van der Waals surface area contributed by atoms with Crippen LogP contribution >= 0.6 is 0 Å². The molecule has 0 radical (unpaired) electrons. The fourth-order valence-corrected chi connectivity index (χ4v) is 4.95. The molecule has 1 aromatic rings. The number of aryl methyl sites for hydroxylation is 2. The van der Waals surface area contributed by atoms with Crippen molar-refractivity contribution in [3.8, 4) is 0 Å². The number of anilines is 1. The third-order valence-corrected chi connectivity index (χ3v) is 5.53. The van der Waals surface area contributed by atoms with Gasteiger partial charge in [-0.3, -0.25) is 4.79 Å². The number of benzene rings is 1. The Kier molecular flexibility index (Phi) is 2.33. The summed E-state index contributed by atoms with van der Waals surface area (Å²) in [5.41, 5.74) is 3.40. The van der Waals surface area contributed by atoms with Crippen molar-refractivity contribution in [3.05, 3.63) is 29.3 Å². The number of carbonyl (C=O) groups excluding carboxylic acids is 1. The molecular formula is C17H21NO. The van der Waals surface area contributed by atoms with Crippen LogP contribution in [-0.4, -0.2) is 5.91 Å². The molecule has 3 fully saturated rings. The van der Waals surface area contributed by atoms with E-state index in [0.29, 0.717) is 5.92 Å². The molecule has 19 heavy (non-hydrogen) atoms. The van der Waals surface area contributed by atoms with Crippen molar-refractivity contribution < 1.29 is 4.79 Å². The number of nitrogens with one attached hydrogen (secondary N) is 1. The van der Waals surface area contributed by atoms with Gasteiger partial charge in [-0.2, -0.15) is 0 Å². The van der Waals surface area contributed by atoms with Crippen LogP contribution < -0.4 is 5.32 Å². The number of hydrogen-bond acceptors (Lipinski definition) is 1. The van der Waals surface area contributed by atoms with E-state index in [1.807, 2.05) is 0 Å². The molecular weight excluding hydrogens is 234 g/mol. The van der Waals surface area contributed by atoms with E-state index in [-0.39, 0.29) is 5.91 Å². The fraction of sp³-hybridized carbons (Fsp3) is 0.588. The Morgan fingerprint density at radius 3 is 2.21 bits per heavy atom. The summed E-state index contributed by atoms with van der Waals surface area (Å²) in [5, 5.41) is 3.14. The Labute approximate surface area is 114 Å². The van der Waals surface area contributed by atoms with Crippen LogP contribution in [0.4, 0.5) is 5.69 Å². The van der Waals surface area contributed by atoms with Crippen molar-refractivity contribution in [1.82, 2.24) is 0 Å². The van der Waals surface area contributed by atoms with Gasteiger partial charge in [0.15, 0.2) is 0 Å². The molecule has 1 N–H and O–H groups in total. The smallest absolute Gasteiger partial charge is 0.228 e. The van der Waals surface area contributed by atoms with Gasteiger partial charge in [0.2, 0.25) is 5.91 Å². The summed E-state index contributed by atoms with van der Waals surface area (Å²) in [6, 6.07) is 6.27. The van der Waals surface area contributed by atoms with Crippen LogP contribution in [0.5, 0.6) is 0 Å². The van der Waals surface area contributed by atoms with Crippen molar-refractivity contribution in [2.24, 2.45) is 29.6 Å². The zero-order valence-electron chi connectivity index (χ0n) is 11.6. The van der Waals surface area contributed by atoms with Gasteiger partial charge in [-0.05, 0) is 80.0 Å². The minimum atomic E-state index is 0.275. The van der Waals surface area contributed by atoms with Gasteiger partial charge >= 0.3 is 0 Å². The molecule has 3 aliphatic carbocycles. The summed E-state index contributed by atoms with van der Waals surface area (Å²) >= 11 is 0. The highest BCUT2D eigenvalue weighted by Gasteiger charge is 2.67. The Balaban J connectivity index is 1.48. The second kappa shape index (κ2) is 3.84. The quantitative estimate of drug-likeness (QED) is 0.860. The van der Waals surface area contributed by atoms with Gasteiger partial charge in [0.1, 0.15) is 0 Å². The monoisotopic (exact) mass is 255 g/mol. The number of rotatable bonds is 2. The number of carbonyl (C=O) groups is 1. The standard InChI is InChI=1S/C17H21NO/c1-9-5-10(2)7-13(6-9)18-17(19)16-14-11-3-4-12(8-11)15(14)16/h5-7,11-12,14-16H,3-4,8H2,1-2H3,(H,18,19)/t11-,12-,14-,15-/m0/s1. The lowest BCUT2D eigenvalue weighted by Crippen LogP contribution is -2.18. The maximum atomic E-state index is 12.4. The van der Waals surface area contributed by atoms with Crippen LogP contribution in [-0.2, 0) is 4.79 Å². The minimum Gasteiger partial charge on any atom is -0.326 e. The maximum absolute atomic E-state index is 12.4. The zero-order chi connectivity index (χ0) is 13.1. The van der Waals surface area contributed by atoms with E-state index in [1.165, 1.54) is 30.4 Å². The average molecular weight is 255 g/mol. The van der Waals surface area contributed by atoms with E-state index in [1.54, 1.807) is 0 Å². The maximum Gasteiger partial charge on any atom is 0.228 e. The number of fused-ring (bicyclic) bond motifs is 5. The van der Waals surface area contributed by atoms with Gasteiger partial charge in [-0.15, -0.1) is 0 Å². The number of hydrogen-bond donors (Lipinski definition) is 1. The molecule has 2 bridgehead atoms. The van der Waals surface area contributed by atoms with Gasteiger partial charge in [0.05, 0.1) is 0 Å². The van der Waals surface area contributed by atoms with E-state index >= 15 is 0 Å². The van der Waals surface area contributed by atoms with Crippen molar-refractivity contribution >= 4 is 11.6 Å². The van der Waals surface area contributed by atoms with Gasteiger partial charge in [0, 0.05) is 11.6 Å². The van der Waals surface area contributed by atoms with Crippen molar-refractivity contribution in [2.75, 3.05) is 5.32 Å². The molecule has 100 valence electrons. The Hall–Kier alpha value is -1.31. The molecule has 4 atom stereocenters. The van der Waals surface area contributed by atoms with E-state index in [4.69, 9.17) is 0 Å². The molecule has 1 amide bonds. The molecule has 0 saturated heterocycles. The lowest BCUT2D eigenvalue weighted by molar-refractivity contribution is -0.118. The highest BCUT2D eigenvalue weighted by molar-refractivity contribution is 5.95. The summed E-state index contributed by atoms with van der Waals surface area (Å²) in [5.74, 6) is 3.79. The van der Waals surface area contributed by atoms with E-state index in [2.05, 4.69) is 37.4 Å². The lowest BCUT2D eigenvalue weighted by atomic mass is 10.0. The summed E-state index contributed by atoms with van der Waals surface area (Å²) in [7, 11) is 0. The molecule has 1 aromatic carbocycles. The average Bonchev–Trinajstić information content (AvgIpc) is 2.78. The molecule has 3 aliphatic rings. The van der Waals surface area contributed by atoms with Crippen LogP contribution in [0.2, 0.25) is 0 Å². The molecule has 0 aliphatic heterocycles. The Morgan fingerprint density at radius 1 is 1.05 bits per heavy atom. The van der Waals surface area contributed by atoms with E-state index < -0.39 is 0 Å². The Bertz CT molecular complexity index is 514. The molecule has 3 saturated carbocycles. The van der Waals surface area contributed by atoms with Gasteiger partial charge in [-0.25, -0.2) is 0 Å². The Morgan fingerprint density at radius 2 is 1.63 bits per heavy atom. The zero-order valence-corrected chi connectivity index (χ0v) is 11.6. The normalized spacial score (nSPS) is 38.1. The van der Waals surface area contributed by atoms with E-state index in [9.17, 15) is 4.79 Å². The molecule has 0 unspecified atom stereocenters. The van der Waals surface area contributed by atoms with Gasteiger partial charge in [0.25, 0.3) is 0 Å². The summed E-state index contributed by atoms with van der Waals surface area (Å²) < 4.78 is 0. The molecule has 2 nitrogen and oxygen atoms in total. The van der Waals surface area contributed by atoms with Crippen LogP contribution in [0.25, 0.3) is 0 Å². The highest BCUT2D eigenvalue weighted by atomic mass is 16.2. The number of amides is 1. The molecule has 4 rings (SSSR count). The molecule has 2 heteroatoms. The third kappa shape index (κ3) is 1.73. The first-order valence-electron chi connectivity index (χ1n) is 7.52. The second-order valence-corrected chi connectivity index (χ2v) is 6.88. The van der Waals surface area contributed by atoms with E-state index in [0.717, 1.165) is 29.4 Å². The summed E-state index contributed by atoms with van der Waals surface area (Å²) in [6.45, 7) is 4.16. The largest absolute Gasteiger partial charge is 0.326 e. The molecule has 0 spiro atoms.